The van der Waals surface area contributed by atoms with E-state index in [1.807, 2.05) is 80.0 Å². The molecule has 0 saturated heterocycles. The van der Waals surface area contributed by atoms with Crippen LogP contribution in [0.5, 0.6) is 0 Å². The van der Waals surface area contributed by atoms with Crippen molar-refractivity contribution in [1.29, 1.82) is 0 Å². The lowest BCUT2D eigenvalue weighted by Gasteiger charge is -2.08. The van der Waals surface area contributed by atoms with Crippen molar-refractivity contribution in [2.24, 2.45) is 0 Å². The molecule has 0 saturated carbocycles. The van der Waals surface area contributed by atoms with Crippen LogP contribution in [0.15, 0.2) is 84.9 Å². The Hall–Kier alpha value is -3.26. The van der Waals surface area contributed by atoms with Crippen LogP contribution in [-0.2, 0) is 0 Å². The van der Waals surface area contributed by atoms with E-state index in [0.717, 1.165) is 32.7 Å². The van der Waals surface area contributed by atoms with E-state index in [4.69, 9.17) is 0 Å². The number of hydrogen-bond donors (Lipinski definition) is 0. The predicted octanol–water partition coefficient (Wildman–Crippen LogP) is 4.89. The fraction of sp³-hybridized carbons (Fsp3) is 0.0435. The molecule has 120 valence electrons. The van der Waals surface area contributed by atoms with Crippen LogP contribution in [0.25, 0.3) is 21.5 Å². The molecule has 0 heterocycles. The molecule has 0 fully saturated rings. The molecule has 4 aromatic rings. The van der Waals surface area contributed by atoms with E-state index in [2.05, 4.69) is 18.2 Å². The first-order chi connectivity index (χ1) is 12.2. The highest BCUT2D eigenvalue weighted by molar-refractivity contribution is 6.16. The van der Waals surface area contributed by atoms with E-state index < -0.39 is 0 Å². The summed E-state index contributed by atoms with van der Waals surface area (Å²) in [6.07, 6.45) is 1.87. The van der Waals surface area contributed by atoms with Gasteiger partial charge in [-0.15, -0.1) is 0 Å². The monoisotopic (exact) mass is 324 g/mol. The molecule has 25 heavy (non-hydrogen) atoms. The van der Waals surface area contributed by atoms with Gasteiger partial charge in [0.2, 0.25) is 0 Å². The zero-order chi connectivity index (χ0) is 17.2. The first kappa shape index (κ1) is 15.3. The van der Waals surface area contributed by atoms with Gasteiger partial charge in [-0.3, -0.25) is 0 Å². The SMILES string of the molecule is C[N+](=Cc1ccccc1)C(=O)c1c2ccccc2cc2ccccc12. The molecule has 4 aromatic carbocycles. The lowest BCUT2D eigenvalue weighted by Crippen LogP contribution is -2.19. The Kier molecular flexibility index (Phi) is 3.87. The van der Waals surface area contributed by atoms with Crippen LogP contribution in [0.4, 0.5) is 0 Å². The standard InChI is InChI=1S/C23H18NO/c1-24(16-17-9-3-2-4-10-17)23(25)22-20-13-7-5-11-18(20)15-19-12-6-8-14-21(19)22/h2-16H,1H3/q+1. The van der Waals surface area contributed by atoms with E-state index in [1.165, 1.54) is 0 Å². The predicted molar refractivity (Wildman–Crippen MR) is 104 cm³/mol. The molecule has 4 rings (SSSR count). The highest BCUT2D eigenvalue weighted by Gasteiger charge is 2.22. The molecule has 0 aliphatic carbocycles. The Morgan fingerprint density at radius 3 is 1.88 bits per heavy atom. The third-order valence-corrected chi connectivity index (χ3v) is 4.45. The Morgan fingerprint density at radius 1 is 0.760 bits per heavy atom. The molecule has 0 N–H and O–H groups in total. The molecule has 2 heteroatoms. The van der Waals surface area contributed by atoms with Crippen molar-refractivity contribution in [2.75, 3.05) is 7.05 Å². The summed E-state index contributed by atoms with van der Waals surface area (Å²) < 4.78 is 1.67. The average Bonchev–Trinajstić information content (AvgIpc) is 2.66. The van der Waals surface area contributed by atoms with Crippen molar-refractivity contribution in [3.63, 3.8) is 0 Å². The molecule has 1 amide bonds. The number of fused-ring (bicyclic) bond motifs is 2. The van der Waals surface area contributed by atoms with Crippen molar-refractivity contribution in [2.45, 2.75) is 0 Å². The van der Waals surface area contributed by atoms with E-state index in [1.54, 1.807) is 4.58 Å². The molecule has 0 radical (unpaired) electrons. The Bertz CT molecular complexity index is 1060. The maximum Gasteiger partial charge on any atom is 0.420 e. The first-order valence-electron chi connectivity index (χ1n) is 8.31. The fourth-order valence-corrected chi connectivity index (χ4v) is 3.24. The quantitative estimate of drug-likeness (QED) is 0.292. The lowest BCUT2D eigenvalue weighted by atomic mass is 9.96. The molecule has 0 bridgehead atoms. The van der Waals surface area contributed by atoms with Gasteiger partial charge < -0.3 is 0 Å². The molecule has 0 spiro atoms. The average molecular weight is 324 g/mol. The van der Waals surface area contributed by atoms with Crippen LogP contribution in [0.3, 0.4) is 0 Å². The second-order valence-electron chi connectivity index (χ2n) is 6.15. The van der Waals surface area contributed by atoms with Gasteiger partial charge in [0.15, 0.2) is 6.21 Å². The molecule has 0 atom stereocenters. The van der Waals surface area contributed by atoms with Crippen molar-refractivity contribution in [3.05, 3.63) is 96.1 Å². The van der Waals surface area contributed by atoms with Crippen molar-refractivity contribution in [1.82, 2.24) is 0 Å². The van der Waals surface area contributed by atoms with Gasteiger partial charge in [0, 0.05) is 5.56 Å². The smallest absolute Gasteiger partial charge is 0.214 e. The second kappa shape index (κ2) is 6.33. The van der Waals surface area contributed by atoms with Gasteiger partial charge in [0.25, 0.3) is 0 Å². The number of hydrogen-bond acceptors (Lipinski definition) is 1. The minimum Gasteiger partial charge on any atom is -0.214 e. The number of benzene rings is 4. The number of amides is 1. The van der Waals surface area contributed by atoms with Crippen molar-refractivity contribution in [3.8, 4) is 0 Å². The topological polar surface area (TPSA) is 20.1 Å². The first-order valence-corrected chi connectivity index (χ1v) is 8.31. The second-order valence-corrected chi connectivity index (χ2v) is 6.15. The fourth-order valence-electron chi connectivity index (χ4n) is 3.24. The molecular weight excluding hydrogens is 306 g/mol. The van der Waals surface area contributed by atoms with Crippen LogP contribution in [0.2, 0.25) is 0 Å². The minimum absolute atomic E-state index is 0.00291. The van der Waals surface area contributed by atoms with Gasteiger partial charge >= 0.3 is 5.91 Å². The van der Waals surface area contributed by atoms with E-state index in [0.29, 0.717) is 0 Å². The Balaban J connectivity index is 1.95. The third-order valence-electron chi connectivity index (χ3n) is 4.45. The number of carbonyl (C=O) groups excluding carboxylic acids is 1. The lowest BCUT2D eigenvalue weighted by molar-refractivity contribution is -0.388. The summed E-state index contributed by atoms with van der Waals surface area (Å²) in [7, 11) is 1.81. The maximum atomic E-state index is 13.3. The Labute approximate surface area is 146 Å². The van der Waals surface area contributed by atoms with E-state index in [9.17, 15) is 4.79 Å². The highest BCUT2D eigenvalue weighted by Crippen LogP contribution is 2.28. The van der Waals surface area contributed by atoms with Gasteiger partial charge in [-0.2, -0.15) is 4.58 Å². The third kappa shape index (κ3) is 2.83. The van der Waals surface area contributed by atoms with Crippen LogP contribution in [0, 0.1) is 0 Å². The molecule has 0 aromatic heterocycles. The molecule has 0 aliphatic heterocycles. The van der Waals surface area contributed by atoms with Crippen LogP contribution < -0.4 is 0 Å². The van der Waals surface area contributed by atoms with Gasteiger partial charge in [-0.05, 0) is 39.7 Å². The normalized spacial score (nSPS) is 11.8. The zero-order valence-electron chi connectivity index (χ0n) is 14.0. The molecule has 2 nitrogen and oxygen atoms in total. The number of rotatable bonds is 2. The van der Waals surface area contributed by atoms with Gasteiger partial charge in [0.05, 0.1) is 0 Å². The maximum absolute atomic E-state index is 13.3. The van der Waals surface area contributed by atoms with Gasteiger partial charge in [-0.25, -0.2) is 4.79 Å². The van der Waals surface area contributed by atoms with Crippen molar-refractivity contribution < 1.29 is 9.37 Å². The largest absolute Gasteiger partial charge is 0.420 e. The molecular formula is C23H18NO+. The number of carbonyl (C=O) groups is 1. The zero-order valence-corrected chi connectivity index (χ0v) is 14.0. The summed E-state index contributed by atoms with van der Waals surface area (Å²) in [5, 5.41) is 4.13. The van der Waals surface area contributed by atoms with Crippen LogP contribution >= 0.6 is 0 Å². The van der Waals surface area contributed by atoms with Crippen LogP contribution in [0.1, 0.15) is 15.9 Å². The summed E-state index contributed by atoms with van der Waals surface area (Å²) in [5.74, 6) is -0.00291. The van der Waals surface area contributed by atoms with Crippen molar-refractivity contribution >= 4 is 33.7 Å². The summed E-state index contributed by atoms with van der Waals surface area (Å²) in [6.45, 7) is 0. The number of nitrogens with zero attached hydrogens (tertiary/aromatic N) is 1. The minimum atomic E-state index is -0.00291. The summed E-state index contributed by atoms with van der Waals surface area (Å²) in [4.78, 5) is 13.3. The summed E-state index contributed by atoms with van der Waals surface area (Å²) in [5.41, 5.74) is 1.76. The highest BCUT2D eigenvalue weighted by atomic mass is 16.2. The van der Waals surface area contributed by atoms with Gasteiger partial charge in [-0.1, -0.05) is 66.7 Å². The van der Waals surface area contributed by atoms with Crippen LogP contribution in [-0.4, -0.2) is 23.7 Å². The summed E-state index contributed by atoms with van der Waals surface area (Å²) in [6, 6.07) is 28.2. The molecule has 0 aliphatic rings. The van der Waals surface area contributed by atoms with E-state index >= 15 is 0 Å². The van der Waals surface area contributed by atoms with E-state index in [-0.39, 0.29) is 5.91 Å². The summed E-state index contributed by atoms with van der Waals surface area (Å²) >= 11 is 0. The molecule has 0 unspecified atom stereocenters. The Morgan fingerprint density at radius 2 is 1.28 bits per heavy atom. The van der Waals surface area contributed by atoms with Gasteiger partial charge in [0.1, 0.15) is 12.6 Å².